The van der Waals surface area contributed by atoms with E-state index in [2.05, 4.69) is 31.6 Å². The number of anilines is 1. The molecule has 1 aromatic heterocycles. The molecule has 6 rings (SSSR count). The first-order valence-corrected chi connectivity index (χ1v) is 19.0. The summed E-state index contributed by atoms with van der Waals surface area (Å²) in [6, 6.07) is 32.4. The van der Waals surface area contributed by atoms with Gasteiger partial charge in [-0.15, -0.1) is 0 Å². The predicted molar refractivity (Wildman–Crippen MR) is 215 cm³/mol. The zero-order valence-corrected chi connectivity index (χ0v) is 32.2. The Kier molecular flexibility index (Phi) is 13.1. The highest BCUT2D eigenvalue weighted by Crippen LogP contribution is 2.42. The van der Waals surface area contributed by atoms with Crippen LogP contribution in [0.3, 0.4) is 0 Å². The second kappa shape index (κ2) is 18.4. The van der Waals surface area contributed by atoms with E-state index in [0.717, 1.165) is 15.7 Å². The summed E-state index contributed by atoms with van der Waals surface area (Å²) in [6.45, 7) is 4.81. The lowest BCUT2D eigenvalue weighted by atomic mass is 9.94. The number of ether oxygens (including phenoxy) is 2. The molecule has 0 aliphatic carbocycles. The number of carbonyl (C=O) groups is 2. The van der Waals surface area contributed by atoms with Crippen molar-refractivity contribution in [1.82, 2.24) is 9.88 Å². The number of halogens is 2. The molecule has 10 nitrogen and oxygen atoms in total. The number of hydrogen-bond donors (Lipinski definition) is 4. The quantitative estimate of drug-likeness (QED) is 0.0849. The van der Waals surface area contributed by atoms with Crippen molar-refractivity contribution in [3.05, 3.63) is 131 Å². The van der Waals surface area contributed by atoms with Crippen molar-refractivity contribution in [2.45, 2.75) is 63.9 Å². The van der Waals surface area contributed by atoms with Crippen molar-refractivity contribution in [1.29, 1.82) is 0 Å². The first-order chi connectivity index (χ1) is 26.6. The molecule has 0 spiro atoms. The number of aliphatic hydroxyl groups is 2. The van der Waals surface area contributed by atoms with Crippen molar-refractivity contribution in [3.8, 4) is 28.1 Å². The molecule has 0 radical (unpaired) electrons. The van der Waals surface area contributed by atoms with Crippen molar-refractivity contribution >= 4 is 39.5 Å². The summed E-state index contributed by atoms with van der Waals surface area (Å²) < 4.78 is 28.6. The Hall–Kier alpha value is -5.30. The second-order valence-corrected chi connectivity index (χ2v) is 14.5. The molecule has 0 bridgehead atoms. The molecule has 5 aromatic rings. The van der Waals surface area contributed by atoms with Gasteiger partial charge in [0.2, 0.25) is 5.91 Å². The maximum absolute atomic E-state index is 14.3. The number of rotatable bonds is 15. The Balaban J connectivity index is 1.17. The molecule has 4 N–H and O–H groups in total. The molecule has 55 heavy (non-hydrogen) atoms. The molecule has 1 unspecified atom stereocenters. The molecule has 1 aliphatic rings. The minimum atomic E-state index is -1.15. The van der Waals surface area contributed by atoms with Crippen molar-refractivity contribution < 1.29 is 33.7 Å². The maximum Gasteiger partial charge on any atom is 0.292 e. The van der Waals surface area contributed by atoms with E-state index in [-0.39, 0.29) is 62.2 Å². The molecule has 12 heteroatoms. The topological polar surface area (TPSA) is 134 Å². The average Bonchev–Trinajstić information content (AvgIpc) is 3.76. The zero-order chi connectivity index (χ0) is 38.9. The Bertz CT molecular complexity index is 2110. The monoisotopic (exact) mass is 810 g/mol. The summed E-state index contributed by atoms with van der Waals surface area (Å²) in [7, 11) is 0. The van der Waals surface area contributed by atoms with Crippen LogP contribution in [0.5, 0.6) is 5.75 Å². The normalized spacial score (nSPS) is 14.9. The first-order valence-electron chi connectivity index (χ1n) is 18.3. The van der Waals surface area contributed by atoms with Gasteiger partial charge in [-0.05, 0) is 94.3 Å². The highest BCUT2D eigenvalue weighted by molar-refractivity contribution is 9.10. The molecule has 0 saturated heterocycles. The van der Waals surface area contributed by atoms with Crippen LogP contribution in [0.15, 0.2) is 119 Å². The summed E-state index contributed by atoms with van der Waals surface area (Å²) >= 11 is 3.44. The number of aromatic nitrogens is 1. The van der Waals surface area contributed by atoms with Gasteiger partial charge in [-0.1, -0.05) is 74.5 Å². The van der Waals surface area contributed by atoms with E-state index < -0.39 is 18.1 Å². The number of amidine groups is 1. The third-order valence-corrected chi connectivity index (χ3v) is 9.82. The fraction of sp³-hybridized carbons (Fsp3) is 0.279. The molecular weight excluding hydrogens is 767 g/mol. The van der Waals surface area contributed by atoms with Gasteiger partial charge in [0.25, 0.3) is 11.9 Å². The van der Waals surface area contributed by atoms with E-state index in [0.29, 0.717) is 40.4 Å². The lowest BCUT2D eigenvalue weighted by molar-refractivity contribution is -0.122. The molecule has 4 aromatic carbocycles. The molecular formula is C43H44BrFN4O6. The lowest BCUT2D eigenvalue weighted by Gasteiger charge is -2.20. The zero-order valence-electron chi connectivity index (χ0n) is 30.6. The summed E-state index contributed by atoms with van der Waals surface area (Å²) in [4.78, 5) is 31.3. The summed E-state index contributed by atoms with van der Waals surface area (Å²) in [6.07, 6.45) is -2.67. The van der Waals surface area contributed by atoms with Crippen LogP contribution in [0, 0.1) is 5.82 Å². The summed E-state index contributed by atoms with van der Waals surface area (Å²) in [5, 5.41) is 27.7. The van der Waals surface area contributed by atoms with Gasteiger partial charge in [0.05, 0.1) is 40.9 Å². The lowest BCUT2D eigenvalue weighted by Crippen LogP contribution is -2.35. The Morgan fingerprint density at radius 1 is 0.909 bits per heavy atom. The van der Waals surface area contributed by atoms with Crippen LogP contribution in [-0.2, 0) is 16.1 Å². The number of carbonyl (C=O) groups excluding carboxylic acids is 2. The van der Waals surface area contributed by atoms with Gasteiger partial charge in [-0.2, -0.15) is 0 Å². The van der Waals surface area contributed by atoms with Gasteiger partial charge >= 0.3 is 0 Å². The molecule has 286 valence electrons. The first kappa shape index (κ1) is 39.4. The van der Waals surface area contributed by atoms with Gasteiger partial charge in [-0.25, -0.2) is 9.38 Å². The maximum atomic E-state index is 14.3. The van der Waals surface area contributed by atoms with E-state index in [1.54, 1.807) is 12.1 Å². The summed E-state index contributed by atoms with van der Waals surface area (Å²) in [5.74, 6) is -0.652. The van der Waals surface area contributed by atoms with Gasteiger partial charge < -0.3 is 29.6 Å². The largest absolute Gasteiger partial charge is 0.488 e. The highest BCUT2D eigenvalue weighted by Gasteiger charge is 2.31. The van der Waals surface area contributed by atoms with Crippen LogP contribution in [0.25, 0.3) is 22.4 Å². The van der Waals surface area contributed by atoms with Crippen LogP contribution in [0.4, 0.5) is 10.1 Å². The van der Waals surface area contributed by atoms with Crippen LogP contribution in [0.2, 0.25) is 0 Å². The molecule has 2 heterocycles. The highest BCUT2D eigenvalue weighted by atomic mass is 79.9. The second-order valence-electron chi connectivity index (χ2n) is 13.7. The average molecular weight is 812 g/mol. The third kappa shape index (κ3) is 10.1. The van der Waals surface area contributed by atoms with Crippen LogP contribution < -0.4 is 15.4 Å². The van der Waals surface area contributed by atoms with E-state index in [4.69, 9.17) is 9.47 Å². The fourth-order valence-electron chi connectivity index (χ4n) is 6.70. The van der Waals surface area contributed by atoms with Gasteiger partial charge in [0.15, 0.2) is 6.10 Å². The van der Waals surface area contributed by atoms with Gasteiger partial charge in [-0.3, -0.25) is 14.9 Å². The van der Waals surface area contributed by atoms with Gasteiger partial charge in [0, 0.05) is 23.5 Å². The number of para-hydroxylation sites is 2. The van der Waals surface area contributed by atoms with Crippen molar-refractivity contribution in [3.63, 3.8) is 0 Å². The standard InChI is InChI=1S/C43H44BrFN4O6/c1-27(2)40-39(42(53)47-31-13-7-4-8-14-31)38(28-11-5-3-6-12-28)41(29-17-19-30(45)20-18-29)49(40)22-21-32(50)23-33(51)24-37(52)48-43-46-25-34(55-43)26-54-36-16-10-9-15-35(36)44/h3-20,27,32-34,50-51H,21-26H2,1-2H3,(H,47,53)(H,46,48,52)/t32-,33-,34?/m1/s1. The smallest absolute Gasteiger partial charge is 0.292 e. The summed E-state index contributed by atoms with van der Waals surface area (Å²) in [5.41, 5.74) is 4.77. The number of amides is 2. The third-order valence-electron chi connectivity index (χ3n) is 9.17. The molecule has 3 atom stereocenters. The number of aliphatic imine (C=N–C) groups is 1. The van der Waals surface area contributed by atoms with Crippen LogP contribution >= 0.6 is 15.9 Å². The number of nitrogens with one attached hydrogen (secondary N) is 2. The number of benzene rings is 4. The fourth-order valence-corrected chi connectivity index (χ4v) is 7.10. The van der Waals surface area contributed by atoms with E-state index in [1.807, 2.05) is 103 Å². The Morgan fingerprint density at radius 3 is 2.27 bits per heavy atom. The van der Waals surface area contributed by atoms with E-state index in [9.17, 15) is 24.2 Å². The minimum Gasteiger partial charge on any atom is -0.488 e. The Labute approximate surface area is 328 Å². The molecule has 0 saturated carbocycles. The molecule has 1 aliphatic heterocycles. The SMILES string of the molecule is CC(C)c1c(C(=O)Nc2ccccc2)c(-c2ccccc2)c(-c2ccc(F)cc2)n1CC[C@@H](O)C[C@@H](O)CC(=O)NC1=NCC(COc2ccccc2Br)O1. The van der Waals surface area contributed by atoms with Crippen molar-refractivity contribution in [2.24, 2.45) is 4.99 Å². The molecule has 0 fully saturated rings. The molecule has 2 amide bonds. The number of aliphatic hydroxyl groups excluding tert-OH is 2. The van der Waals surface area contributed by atoms with Gasteiger partial charge in [0.1, 0.15) is 18.2 Å². The van der Waals surface area contributed by atoms with E-state index >= 15 is 0 Å². The number of nitrogens with zero attached hydrogens (tertiary/aromatic N) is 2. The minimum absolute atomic E-state index is 0.0574. The van der Waals surface area contributed by atoms with Crippen LogP contribution in [-0.4, -0.2) is 64.1 Å². The van der Waals surface area contributed by atoms with Crippen molar-refractivity contribution in [2.75, 3.05) is 18.5 Å². The Morgan fingerprint density at radius 2 is 1.58 bits per heavy atom. The van der Waals surface area contributed by atoms with Crippen LogP contribution in [0.1, 0.15) is 55.1 Å². The number of hydrogen-bond acceptors (Lipinski definition) is 7. The predicted octanol–water partition coefficient (Wildman–Crippen LogP) is 7.94. The van der Waals surface area contributed by atoms with E-state index in [1.165, 1.54) is 12.1 Å².